The van der Waals surface area contributed by atoms with Crippen LogP contribution >= 0.6 is 27.5 Å². The summed E-state index contributed by atoms with van der Waals surface area (Å²) in [6.45, 7) is 0. The molecule has 0 spiro atoms. The fraction of sp³-hybridized carbons (Fsp3) is 0.455. The Morgan fingerprint density at radius 2 is 2.17 bits per heavy atom. The van der Waals surface area contributed by atoms with E-state index in [9.17, 15) is 8.42 Å². The van der Waals surface area contributed by atoms with Gasteiger partial charge in [0, 0.05) is 22.5 Å². The van der Waals surface area contributed by atoms with Gasteiger partial charge in [0.1, 0.15) is 9.84 Å². The van der Waals surface area contributed by atoms with Crippen LogP contribution in [0, 0.1) is 0 Å². The number of nitrogens with one attached hydrogen (secondary N) is 1. The third kappa shape index (κ3) is 4.85. The molecule has 102 valence electrons. The SMILES string of the molecule is CS(=O)(=O)CCCC(NN)c1cccc(Br)c1Cl. The summed E-state index contributed by atoms with van der Waals surface area (Å²) < 4.78 is 22.9. The summed E-state index contributed by atoms with van der Waals surface area (Å²) in [5, 5.41) is 0.597. The Morgan fingerprint density at radius 1 is 1.50 bits per heavy atom. The van der Waals surface area contributed by atoms with Crippen LogP contribution in [0.5, 0.6) is 0 Å². The van der Waals surface area contributed by atoms with Crippen LogP contribution in [0.2, 0.25) is 5.02 Å². The van der Waals surface area contributed by atoms with Crippen LogP contribution in [0.3, 0.4) is 0 Å². The zero-order valence-corrected chi connectivity index (χ0v) is 13.1. The topological polar surface area (TPSA) is 72.2 Å². The van der Waals surface area contributed by atoms with Crippen molar-refractivity contribution in [3.05, 3.63) is 33.3 Å². The molecular weight excluding hydrogens is 340 g/mol. The molecule has 1 rings (SSSR count). The van der Waals surface area contributed by atoms with Crippen LogP contribution < -0.4 is 11.3 Å². The molecule has 0 bridgehead atoms. The quantitative estimate of drug-likeness (QED) is 0.607. The molecule has 0 saturated carbocycles. The van der Waals surface area contributed by atoms with Crippen molar-refractivity contribution in [1.29, 1.82) is 0 Å². The van der Waals surface area contributed by atoms with Crippen LogP contribution in [0.15, 0.2) is 22.7 Å². The van der Waals surface area contributed by atoms with E-state index in [1.54, 1.807) is 0 Å². The van der Waals surface area contributed by atoms with Crippen molar-refractivity contribution in [3.8, 4) is 0 Å². The van der Waals surface area contributed by atoms with Crippen molar-refractivity contribution < 1.29 is 8.42 Å². The summed E-state index contributed by atoms with van der Waals surface area (Å²) in [4.78, 5) is 0. The molecule has 0 saturated heterocycles. The predicted molar refractivity (Wildman–Crippen MR) is 78.2 cm³/mol. The molecule has 3 N–H and O–H groups in total. The van der Waals surface area contributed by atoms with Gasteiger partial charge in [-0.25, -0.2) is 8.42 Å². The summed E-state index contributed by atoms with van der Waals surface area (Å²) >= 11 is 9.52. The van der Waals surface area contributed by atoms with Gasteiger partial charge in [-0.3, -0.25) is 11.3 Å². The Kier molecular flexibility index (Phi) is 6.07. The summed E-state index contributed by atoms with van der Waals surface area (Å²) in [5.41, 5.74) is 3.54. The molecule has 1 aromatic carbocycles. The zero-order chi connectivity index (χ0) is 13.8. The maximum Gasteiger partial charge on any atom is 0.147 e. The lowest BCUT2D eigenvalue weighted by Crippen LogP contribution is -2.28. The van der Waals surface area contributed by atoms with Crippen LogP contribution in [0.4, 0.5) is 0 Å². The minimum absolute atomic E-state index is 0.150. The minimum Gasteiger partial charge on any atom is -0.271 e. The van der Waals surface area contributed by atoms with Crippen molar-refractivity contribution in [2.75, 3.05) is 12.0 Å². The van der Waals surface area contributed by atoms with E-state index in [1.807, 2.05) is 18.2 Å². The van der Waals surface area contributed by atoms with E-state index in [0.717, 1.165) is 10.0 Å². The van der Waals surface area contributed by atoms with E-state index >= 15 is 0 Å². The standard InChI is InChI=1S/C11H16BrClN2O2S/c1-18(16,17)7-3-6-10(15-14)8-4-2-5-9(12)11(8)13/h2,4-5,10,15H,3,6-7,14H2,1H3. The van der Waals surface area contributed by atoms with Gasteiger partial charge in [-0.05, 0) is 40.4 Å². The molecule has 0 fully saturated rings. The molecule has 7 heteroatoms. The molecule has 1 unspecified atom stereocenters. The Labute approximate surface area is 121 Å². The lowest BCUT2D eigenvalue weighted by molar-refractivity contribution is 0.507. The lowest BCUT2D eigenvalue weighted by atomic mass is 10.0. The van der Waals surface area contributed by atoms with Gasteiger partial charge in [0.05, 0.1) is 5.02 Å². The molecule has 1 aromatic rings. The average molecular weight is 356 g/mol. The number of benzene rings is 1. The molecule has 0 aliphatic carbocycles. The highest BCUT2D eigenvalue weighted by Gasteiger charge is 2.15. The highest BCUT2D eigenvalue weighted by molar-refractivity contribution is 9.10. The van der Waals surface area contributed by atoms with E-state index in [0.29, 0.717) is 17.9 Å². The average Bonchev–Trinajstić information content (AvgIpc) is 2.27. The summed E-state index contributed by atoms with van der Waals surface area (Å²) in [7, 11) is -2.94. The molecule has 0 radical (unpaired) electrons. The van der Waals surface area contributed by atoms with Crippen LogP contribution in [0.25, 0.3) is 0 Å². The number of hydrogen-bond acceptors (Lipinski definition) is 4. The van der Waals surface area contributed by atoms with Gasteiger partial charge in [0.2, 0.25) is 0 Å². The second-order valence-electron chi connectivity index (χ2n) is 4.13. The van der Waals surface area contributed by atoms with Crippen molar-refractivity contribution in [2.45, 2.75) is 18.9 Å². The first-order chi connectivity index (χ1) is 8.35. The molecular formula is C11H16BrClN2O2S. The van der Waals surface area contributed by atoms with Crippen LogP contribution in [-0.4, -0.2) is 20.4 Å². The third-order valence-electron chi connectivity index (χ3n) is 2.57. The van der Waals surface area contributed by atoms with E-state index in [2.05, 4.69) is 21.4 Å². The van der Waals surface area contributed by atoms with Crippen molar-refractivity contribution in [2.24, 2.45) is 5.84 Å². The van der Waals surface area contributed by atoms with Gasteiger partial charge >= 0.3 is 0 Å². The molecule has 4 nitrogen and oxygen atoms in total. The lowest BCUT2D eigenvalue weighted by Gasteiger charge is -2.18. The van der Waals surface area contributed by atoms with Gasteiger partial charge in [-0.1, -0.05) is 23.7 Å². The van der Waals surface area contributed by atoms with E-state index in [-0.39, 0.29) is 11.8 Å². The number of rotatable bonds is 6. The highest BCUT2D eigenvalue weighted by Crippen LogP contribution is 2.31. The number of hydrazine groups is 1. The number of halogens is 2. The predicted octanol–water partition coefficient (Wildman–Crippen LogP) is 2.43. The third-order valence-corrected chi connectivity index (χ3v) is 4.91. The summed E-state index contributed by atoms with van der Waals surface area (Å²) in [5.74, 6) is 5.65. The first-order valence-electron chi connectivity index (χ1n) is 5.43. The van der Waals surface area contributed by atoms with Gasteiger partial charge in [0.15, 0.2) is 0 Å². The van der Waals surface area contributed by atoms with E-state index < -0.39 is 9.84 Å². The molecule has 0 aliphatic rings. The molecule has 0 heterocycles. The second-order valence-corrected chi connectivity index (χ2v) is 7.63. The normalized spacial score (nSPS) is 13.6. The second kappa shape index (κ2) is 6.86. The fourth-order valence-electron chi connectivity index (χ4n) is 1.67. The number of nitrogens with two attached hydrogens (primary N) is 1. The maximum absolute atomic E-state index is 11.1. The number of sulfone groups is 1. The Hall–Kier alpha value is -0.140. The largest absolute Gasteiger partial charge is 0.271 e. The van der Waals surface area contributed by atoms with Crippen LogP contribution in [0.1, 0.15) is 24.4 Å². The first-order valence-corrected chi connectivity index (χ1v) is 8.66. The van der Waals surface area contributed by atoms with Crippen molar-refractivity contribution in [3.63, 3.8) is 0 Å². The van der Waals surface area contributed by atoms with Crippen molar-refractivity contribution >= 4 is 37.4 Å². The smallest absolute Gasteiger partial charge is 0.147 e. The summed E-state index contributed by atoms with van der Waals surface area (Å²) in [6.07, 6.45) is 2.38. The Bertz CT molecular complexity index is 508. The van der Waals surface area contributed by atoms with Gasteiger partial charge in [-0.15, -0.1) is 0 Å². The van der Waals surface area contributed by atoms with Gasteiger partial charge in [0.25, 0.3) is 0 Å². The molecule has 18 heavy (non-hydrogen) atoms. The summed E-state index contributed by atoms with van der Waals surface area (Å²) in [6, 6.07) is 5.43. The minimum atomic E-state index is -2.94. The highest BCUT2D eigenvalue weighted by atomic mass is 79.9. The Morgan fingerprint density at radius 3 is 2.72 bits per heavy atom. The molecule has 1 atom stereocenters. The van der Waals surface area contributed by atoms with E-state index in [4.69, 9.17) is 17.4 Å². The van der Waals surface area contributed by atoms with Crippen LogP contribution in [-0.2, 0) is 9.84 Å². The maximum atomic E-state index is 11.1. The van der Waals surface area contributed by atoms with E-state index in [1.165, 1.54) is 6.26 Å². The molecule has 0 amide bonds. The molecule has 0 aliphatic heterocycles. The fourth-order valence-corrected chi connectivity index (χ4v) is 3.00. The van der Waals surface area contributed by atoms with Crippen molar-refractivity contribution in [1.82, 2.24) is 5.43 Å². The monoisotopic (exact) mass is 354 g/mol. The zero-order valence-electron chi connectivity index (χ0n) is 9.99. The molecule has 0 aromatic heterocycles. The van der Waals surface area contributed by atoms with Gasteiger partial charge in [-0.2, -0.15) is 0 Å². The Balaban J connectivity index is 2.75. The number of hydrogen-bond donors (Lipinski definition) is 2. The first kappa shape index (κ1) is 15.9. The van der Waals surface area contributed by atoms with Gasteiger partial charge < -0.3 is 0 Å².